The van der Waals surface area contributed by atoms with Crippen LogP contribution in [-0.2, 0) is 12.8 Å². The van der Waals surface area contributed by atoms with Gasteiger partial charge in [0.15, 0.2) is 0 Å². The molecule has 2 fully saturated rings. The van der Waals surface area contributed by atoms with E-state index in [4.69, 9.17) is 15.7 Å². The molecule has 0 radical (unpaired) electrons. The highest BCUT2D eigenvalue weighted by molar-refractivity contribution is 7.99. The van der Waals surface area contributed by atoms with Crippen molar-refractivity contribution in [2.45, 2.75) is 67.3 Å². The van der Waals surface area contributed by atoms with Crippen molar-refractivity contribution in [1.29, 1.82) is 0 Å². The standard InChI is InChI=1S/C21H27N5S/c22-18-5-2-7-21(18)8-11-26(12-9-21)19-13-25-20(14-24-19)27-17-6-10-23-16-4-1-3-15(16)17/h6,10,13-14,18H,1-5,7-9,11-12,22H2/t18-/m1/s1. The van der Waals surface area contributed by atoms with Gasteiger partial charge in [-0.25, -0.2) is 9.97 Å². The fourth-order valence-corrected chi connectivity index (χ4v) is 6.04. The average Bonchev–Trinajstić information content (AvgIpc) is 3.31. The van der Waals surface area contributed by atoms with Gasteiger partial charge in [0, 0.05) is 35.9 Å². The Morgan fingerprint density at radius 1 is 1.04 bits per heavy atom. The molecule has 0 unspecified atom stereocenters. The van der Waals surface area contributed by atoms with Crippen LogP contribution in [0.15, 0.2) is 34.6 Å². The van der Waals surface area contributed by atoms with Gasteiger partial charge in [-0.05, 0) is 62.0 Å². The Kier molecular flexibility index (Phi) is 4.56. The number of aryl methyl sites for hydroxylation is 1. The number of anilines is 1. The smallest absolute Gasteiger partial charge is 0.147 e. The van der Waals surface area contributed by atoms with Gasteiger partial charge in [0.25, 0.3) is 0 Å². The van der Waals surface area contributed by atoms with Gasteiger partial charge in [-0.3, -0.25) is 4.98 Å². The van der Waals surface area contributed by atoms with Crippen molar-refractivity contribution in [2.24, 2.45) is 11.1 Å². The molecule has 3 aliphatic rings. The summed E-state index contributed by atoms with van der Waals surface area (Å²) in [5.74, 6) is 1.00. The second kappa shape index (κ2) is 7.06. The van der Waals surface area contributed by atoms with Gasteiger partial charge in [0.05, 0.1) is 12.4 Å². The predicted molar refractivity (Wildman–Crippen MR) is 108 cm³/mol. The van der Waals surface area contributed by atoms with Crippen LogP contribution in [0.5, 0.6) is 0 Å². The zero-order chi connectivity index (χ0) is 18.3. The molecule has 27 heavy (non-hydrogen) atoms. The highest BCUT2D eigenvalue weighted by Crippen LogP contribution is 2.45. The average molecular weight is 382 g/mol. The van der Waals surface area contributed by atoms with Gasteiger partial charge in [0.2, 0.25) is 0 Å². The molecule has 5 nitrogen and oxygen atoms in total. The van der Waals surface area contributed by atoms with E-state index in [0.717, 1.165) is 36.8 Å². The van der Waals surface area contributed by atoms with Crippen LogP contribution in [0.1, 0.15) is 49.8 Å². The van der Waals surface area contributed by atoms with Gasteiger partial charge >= 0.3 is 0 Å². The number of nitrogens with zero attached hydrogens (tertiary/aromatic N) is 4. The zero-order valence-corrected chi connectivity index (χ0v) is 16.5. The first-order chi connectivity index (χ1) is 13.2. The van der Waals surface area contributed by atoms with Crippen molar-refractivity contribution in [3.05, 3.63) is 35.9 Å². The molecule has 0 aromatic carbocycles. The molecule has 0 bridgehead atoms. The summed E-state index contributed by atoms with van der Waals surface area (Å²) >= 11 is 1.72. The summed E-state index contributed by atoms with van der Waals surface area (Å²) in [4.78, 5) is 17.6. The third kappa shape index (κ3) is 3.23. The lowest BCUT2D eigenvalue weighted by atomic mass is 9.74. The first-order valence-corrected chi connectivity index (χ1v) is 11.0. The fraction of sp³-hybridized carbons (Fsp3) is 0.571. The molecule has 0 amide bonds. The minimum absolute atomic E-state index is 0.390. The number of pyridine rings is 1. The Morgan fingerprint density at radius 3 is 2.67 bits per heavy atom. The van der Waals surface area contributed by atoms with E-state index in [1.54, 1.807) is 11.8 Å². The van der Waals surface area contributed by atoms with E-state index in [-0.39, 0.29) is 0 Å². The van der Waals surface area contributed by atoms with E-state index < -0.39 is 0 Å². The van der Waals surface area contributed by atoms with Crippen molar-refractivity contribution in [3.63, 3.8) is 0 Å². The molecule has 1 aliphatic heterocycles. The molecule has 5 rings (SSSR count). The number of aromatic nitrogens is 3. The predicted octanol–water partition coefficient (Wildman–Crippen LogP) is 3.61. The van der Waals surface area contributed by atoms with Crippen LogP contribution in [-0.4, -0.2) is 34.1 Å². The topological polar surface area (TPSA) is 67.9 Å². The number of piperidine rings is 1. The maximum absolute atomic E-state index is 6.41. The molecule has 6 heteroatoms. The van der Waals surface area contributed by atoms with Crippen molar-refractivity contribution in [1.82, 2.24) is 15.0 Å². The minimum atomic E-state index is 0.390. The molecule has 2 aliphatic carbocycles. The number of nitrogens with two attached hydrogens (primary N) is 1. The summed E-state index contributed by atoms with van der Waals surface area (Å²) in [5.41, 5.74) is 9.46. The van der Waals surface area contributed by atoms with Crippen LogP contribution in [0.2, 0.25) is 0 Å². The second-order valence-corrected chi connectivity index (χ2v) is 9.31. The summed E-state index contributed by atoms with van der Waals surface area (Å²) in [6.45, 7) is 2.10. The molecule has 142 valence electrons. The zero-order valence-electron chi connectivity index (χ0n) is 15.7. The molecular weight excluding hydrogens is 354 g/mol. The number of hydrogen-bond donors (Lipinski definition) is 1. The van der Waals surface area contributed by atoms with Crippen LogP contribution in [0, 0.1) is 5.41 Å². The minimum Gasteiger partial charge on any atom is -0.355 e. The van der Waals surface area contributed by atoms with E-state index >= 15 is 0 Å². The van der Waals surface area contributed by atoms with Gasteiger partial charge in [-0.1, -0.05) is 18.2 Å². The molecule has 1 spiro atoms. The van der Waals surface area contributed by atoms with E-state index in [1.807, 2.05) is 18.6 Å². The number of fused-ring (bicyclic) bond motifs is 1. The van der Waals surface area contributed by atoms with Crippen LogP contribution in [0.25, 0.3) is 0 Å². The maximum Gasteiger partial charge on any atom is 0.147 e. The normalized spacial score (nSPS) is 23.7. The van der Waals surface area contributed by atoms with Crippen LogP contribution in [0.4, 0.5) is 5.82 Å². The monoisotopic (exact) mass is 381 g/mol. The Balaban J connectivity index is 1.26. The Morgan fingerprint density at radius 2 is 1.93 bits per heavy atom. The summed E-state index contributed by atoms with van der Waals surface area (Å²) < 4.78 is 0. The lowest BCUT2D eigenvalue weighted by Gasteiger charge is -2.42. The largest absolute Gasteiger partial charge is 0.355 e. The van der Waals surface area contributed by atoms with E-state index in [1.165, 1.54) is 54.7 Å². The van der Waals surface area contributed by atoms with Gasteiger partial charge < -0.3 is 10.6 Å². The second-order valence-electron chi connectivity index (χ2n) is 8.25. The Labute approximate surface area is 165 Å². The van der Waals surface area contributed by atoms with E-state index in [9.17, 15) is 0 Å². The molecule has 3 heterocycles. The van der Waals surface area contributed by atoms with E-state index in [0.29, 0.717) is 11.5 Å². The van der Waals surface area contributed by atoms with Gasteiger partial charge in [-0.2, -0.15) is 0 Å². The van der Waals surface area contributed by atoms with Crippen molar-refractivity contribution in [3.8, 4) is 0 Å². The third-order valence-electron chi connectivity index (χ3n) is 6.83. The molecule has 2 N–H and O–H groups in total. The number of rotatable bonds is 3. The first-order valence-electron chi connectivity index (χ1n) is 10.2. The summed E-state index contributed by atoms with van der Waals surface area (Å²) in [6.07, 6.45) is 15.4. The van der Waals surface area contributed by atoms with E-state index in [2.05, 4.69) is 16.0 Å². The van der Waals surface area contributed by atoms with Gasteiger partial charge in [-0.15, -0.1) is 0 Å². The first kappa shape index (κ1) is 17.4. The van der Waals surface area contributed by atoms with Gasteiger partial charge in [0.1, 0.15) is 10.8 Å². The molecule has 2 aromatic heterocycles. The fourth-order valence-electron chi connectivity index (χ4n) is 5.13. The van der Waals surface area contributed by atoms with Crippen molar-refractivity contribution < 1.29 is 0 Å². The Hall–Kier alpha value is -1.66. The summed E-state index contributed by atoms with van der Waals surface area (Å²) in [6, 6.07) is 2.51. The van der Waals surface area contributed by atoms with Crippen molar-refractivity contribution in [2.75, 3.05) is 18.0 Å². The summed E-state index contributed by atoms with van der Waals surface area (Å²) in [7, 11) is 0. The third-order valence-corrected chi connectivity index (χ3v) is 7.85. The van der Waals surface area contributed by atoms with Crippen LogP contribution in [0.3, 0.4) is 0 Å². The maximum atomic E-state index is 6.41. The van der Waals surface area contributed by atoms with Crippen molar-refractivity contribution >= 4 is 17.6 Å². The van der Waals surface area contributed by atoms with Crippen LogP contribution >= 0.6 is 11.8 Å². The number of hydrogen-bond acceptors (Lipinski definition) is 6. The molecular formula is C21H27N5S. The highest BCUT2D eigenvalue weighted by atomic mass is 32.2. The Bertz CT molecular complexity index is 814. The van der Waals surface area contributed by atoms with Crippen LogP contribution < -0.4 is 10.6 Å². The lowest BCUT2D eigenvalue weighted by Crippen LogP contribution is -2.47. The quantitative estimate of drug-likeness (QED) is 0.876. The highest BCUT2D eigenvalue weighted by Gasteiger charge is 2.42. The SMILES string of the molecule is N[C@@H]1CCCC12CCN(c1cnc(Sc3ccnc4c3CCC4)cn1)CC2. The molecule has 1 saturated heterocycles. The lowest BCUT2D eigenvalue weighted by molar-refractivity contribution is 0.197. The molecule has 2 aromatic rings. The summed E-state index contributed by atoms with van der Waals surface area (Å²) in [5, 5.41) is 0.963. The molecule has 1 atom stereocenters. The molecule has 1 saturated carbocycles.